The van der Waals surface area contributed by atoms with Crippen LogP contribution in [0.3, 0.4) is 0 Å². The number of carbonyl (C=O) groups is 4. The molecule has 0 N–H and O–H groups in total. The highest BCUT2D eigenvalue weighted by atomic mass is 16.1. The molecule has 8 aromatic carbocycles. The SMILES string of the molecule is O=C(c1ccc2ccccc2c1)c1nc(Cc2nc(C(=O)c3ccc4ccccc4c3)nc(C(=O)c3ccc4ccccc4c3)n2)nc(C(=O)c2ccc3ccccc3c2)n1. The van der Waals surface area contributed by atoms with Crippen molar-refractivity contribution in [1.82, 2.24) is 29.9 Å². The number of ketones is 4. The van der Waals surface area contributed by atoms with Crippen molar-refractivity contribution in [3.05, 3.63) is 227 Å². The third kappa shape index (κ3) is 7.30. The molecule has 2 heterocycles. The summed E-state index contributed by atoms with van der Waals surface area (Å²) in [5, 5.41) is 7.14. The molecule has 0 saturated carbocycles. The van der Waals surface area contributed by atoms with E-state index < -0.39 is 23.1 Å². The van der Waals surface area contributed by atoms with Crippen molar-refractivity contribution >= 4 is 66.2 Å². The average Bonchev–Trinajstić information content (AvgIpc) is 3.32. The summed E-state index contributed by atoms with van der Waals surface area (Å²) in [6, 6.07) is 51.5. The molecule has 0 aliphatic heterocycles. The van der Waals surface area contributed by atoms with Crippen LogP contribution in [-0.2, 0) is 6.42 Å². The van der Waals surface area contributed by atoms with Gasteiger partial charge in [-0.3, -0.25) is 19.2 Å². The number of aromatic nitrogens is 6. The molecule has 0 saturated heterocycles. The van der Waals surface area contributed by atoms with E-state index in [1.807, 2.05) is 121 Å². The molecule has 0 fully saturated rings. The van der Waals surface area contributed by atoms with Crippen molar-refractivity contribution in [2.45, 2.75) is 6.42 Å². The fraction of sp³-hybridized carbons (Fsp3) is 0.0196. The van der Waals surface area contributed by atoms with Gasteiger partial charge in [-0.2, -0.15) is 0 Å². The Kier molecular flexibility index (Phi) is 9.26. The maximum Gasteiger partial charge on any atom is 0.230 e. The molecule has 0 aliphatic carbocycles. The highest BCUT2D eigenvalue weighted by Crippen LogP contribution is 2.23. The first-order chi connectivity index (χ1) is 29.8. The maximum absolute atomic E-state index is 14.2. The lowest BCUT2D eigenvalue weighted by Crippen LogP contribution is -2.20. The van der Waals surface area contributed by atoms with Crippen LogP contribution in [0.2, 0.25) is 0 Å². The summed E-state index contributed by atoms with van der Waals surface area (Å²) in [6.07, 6.45) is -0.281. The van der Waals surface area contributed by atoms with Crippen LogP contribution >= 0.6 is 0 Å². The van der Waals surface area contributed by atoms with E-state index in [1.165, 1.54) is 0 Å². The largest absolute Gasteiger partial charge is 0.285 e. The first kappa shape index (κ1) is 36.8. The van der Waals surface area contributed by atoms with Crippen molar-refractivity contribution in [3.63, 3.8) is 0 Å². The van der Waals surface area contributed by atoms with Gasteiger partial charge in [-0.15, -0.1) is 0 Å². The highest BCUT2D eigenvalue weighted by Gasteiger charge is 2.25. The van der Waals surface area contributed by atoms with E-state index in [2.05, 4.69) is 29.9 Å². The van der Waals surface area contributed by atoms with Crippen molar-refractivity contribution in [3.8, 4) is 0 Å². The van der Waals surface area contributed by atoms with Gasteiger partial charge in [0.15, 0.2) is 0 Å². The van der Waals surface area contributed by atoms with Gasteiger partial charge < -0.3 is 0 Å². The molecular weight excluding hydrogens is 761 g/mol. The van der Waals surface area contributed by atoms with Gasteiger partial charge in [0, 0.05) is 22.3 Å². The summed E-state index contributed by atoms with van der Waals surface area (Å²) in [5.74, 6) is -3.23. The summed E-state index contributed by atoms with van der Waals surface area (Å²) in [6.45, 7) is 0. The summed E-state index contributed by atoms with van der Waals surface area (Å²) in [7, 11) is 0. The molecule has 10 nitrogen and oxygen atoms in total. The van der Waals surface area contributed by atoms with Crippen LogP contribution in [0.4, 0.5) is 0 Å². The van der Waals surface area contributed by atoms with Crippen LogP contribution in [0.25, 0.3) is 43.1 Å². The summed E-state index contributed by atoms with van der Waals surface area (Å²) >= 11 is 0. The molecular formula is C51H30N6O4. The van der Waals surface area contributed by atoms with E-state index in [0.717, 1.165) is 43.1 Å². The van der Waals surface area contributed by atoms with Crippen LogP contribution < -0.4 is 0 Å². The van der Waals surface area contributed by atoms with Gasteiger partial charge in [0.25, 0.3) is 0 Å². The molecule has 2 aromatic heterocycles. The third-order valence-electron chi connectivity index (χ3n) is 10.5. The van der Waals surface area contributed by atoms with Crippen LogP contribution in [-0.4, -0.2) is 53.0 Å². The standard InChI is InChI=1S/C51H30N6O4/c58-44(38-21-17-30-9-1-5-13-34(30)25-38)48-52-42(53-49(56-48)45(59)39-22-18-31-10-2-6-14-35(31)26-39)29-43-54-50(46(60)40-23-19-32-11-3-7-15-36(32)27-40)57-51(55-43)47(61)41-24-20-33-12-4-8-16-37(33)28-41/h1-28H,29H2. The molecule has 0 radical (unpaired) electrons. The van der Waals surface area contributed by atoms with E-state index in [9.17, 15) is 19.2 Å². The minimum Gasteiger partial charge on any atom is -0.285 e. The van der Waals surface area contributed by atoms with Gasteiger partial charge in [-0.1, -0.05) is 146 Å². The second-order valence-corrected chi connectivity index (χ2v) is 14.5. The van der Waals surface area contributed by atoms with Gasteiger partial charge in [-0.05, 0) is 67.4 Å². The van der Waals surface area contributed by atoms with Crippen LogP contribution in [0.1, 0.15) is 76.4 Å². The monoisotopic (exact) mass is 790 g/mol. The number of rotatable bonds is 10. The van der Waals surface area contributed by atoms with Gasteiger partial charge in [0.1, 0.15) is 11.6 Å². The summed E-state index contributed by atoms with van der Waals surface area (Å²) < 4.78 is 0. The smallest absolute Gasteiger partial charge is 0.230 e. The molecule has 0 atom stereocenters. The Morgan fingerprint density at radius 2 is 0.508 bits per heavy atom. The van der Waals surface area contributed by atoms with Crippen molar-refractivity contribution < 1.29 is 19.2 Å². The van der Waals surface area contributed by atoms with Gasteiger partial charge in [-0.25, -0.2) is 29.9 Å². The number of hydrogen-bond acceptors (Lipinski definition) is 10. The van der Waals surface area contributed by atoms with Crippen LogP contribution in [0.15, 0.2) is 170 Å². The normalized spacial score (nSPS) is 11.3. The fourth-order valence-corrected chi connectivity index (χ4v) is 7.38. The Hall–Kier alpha value is -8.50. The molecule has 0 unspecified atom stereocenters. The zero-order valence-electron chi connectivity index (χ0n) is 32.2. The number of benzene rings is 8. The summed E-state index contributed by atoms with van der Waals surface area (Å²) in [5.41, 5.74) is 1.25. The molecule has 0 bridgehead atoms. The second kappa shape index (κ2) is 15.3. The Morgan fingerprint density at radius 1 is 0.279 bits per heavy atom. The number of hydrogen-bond donors (Lipinski definition) is 0. The lowest BCUT2D eigenvalue weighted by molar-refractivity contribution is 0.100. The number of carbonyl (C=O) groups excluding carboxylic acids is 4. The molecule has 10 rings (SSSR count). The fourth-order valence-electron chi connectivity index (χ4n) is 7.38. The molecule has 0 aliphatic rings. The van der Waals surface area contributed by atoms with E-state index in [0.29, 0.717) is 22.3 Å². The molecule has 61 heavy (non-hydrogen) atoms. The average molecular weight is 791 g/mol. The van der Waals surface area contributed by atoms with Gasteiger partial charge in [0.2, 0.25) is 46.4 Å². The lowest BCUT2D eigenvalue weighted by Gasteiger charge is -2.10. The van der Waals surface area contributed by atoms with E-state index in [1.54, 1.807) is 48.5 Å². The Morgan fingerprint density at radius 3 is 0.754 bits per heavy atom. The van der Waals surface area contributed by atoms with Gasteiger partial charge in [0.05, 0.1) is 6.42 Å². The Bertz CT molecular complexity index is 3010. The Labute approximate surface area is 347 Å². The minimum absolute atomic E-state index is 0.0253. The quantitative estimate of drug-likeness (QED) is 0.123. The molecule has 10 heteroatoms. The lowest BCUT2D eigenvalue weighted by atomic mass is 10.0. The second-order valence-electron chi connectivity index (χ2n) is 14.5. The zero-order chi connectivity index (χ0) is 41.5. The van der Waals surface area contributed by atoms with E-state index in [-0.39, 0.29) is 41.4 Å². The van der Waals surface area contributed by atoms with Crippen molar-refractivity contribution in [1.29, 1.82) is 0 Å². The number of nitrogens with zero attached hydrogens (tertiary/aromatic N) is 6. The molecule has 10 aromatic rings. The predicted molar refractivity (Wildman–Crippen MR) is 232 cm³/mol. The third-order valence-corrected chi connectivity index (χ3v) is 10.5. The zero-order valence-corrected chi connectivity index (χ0v) is 32.2. The molecule has 0 amide bonds. The minimum atomic E-state index is -0.531. The maximum atomic E-state index is 14.2. The van der Waals surface area contributed by atoms with Crippen molar-refractivity contribution in [2.75, 3.05) is 0 Å². The first-order valence-electron chi connectivity index (χ1n) is 19.5. The molecule has 288 valence electrons. The van der Waals surface area contributed by atoms with Crippen molar-refractivity contribution in [2.24, 2.45) is 0 Å². The first-order valence-corrected chi connectivity index (χ1v) is 19.5. The Balaban J connectivity index is 1.09. The highest BCUT2D eigenvalue weighted by molar-refractivity contribution is 6.12. The topological polar surface area (TPSA) is 146 Å². The van der Waals surface area contributed by atoms with E-state index >= 15 is 0 Å². The van der Waals surface area contributed by atoms with E-state index in [4.69, 9.17) is 0 Å². The predicted octanol–water partition coefficient (Wildman–Crippen LogP) is 9.18. The van der Waals surface area contributed by atoms with Gasteiger partial charge >= 0.3 is 0 Å². The van der Waals surface area contributed by atoms with Crippen LogP contribution in [0.5, 0.6) is 0 Å². The molecule has 0 spiro atoms. The summed E-state index contributed by atoms with van der Waals surface area (Å²) in [4.78, 5) is 83.7. The van der Waals surface area contributed by atoms with Crippen LogP contribution in [0, 0.1) is 0 Å². The number of fused-ring (bicyclic) bond motifs is 4.